The topological polar surface area (TPSA) is 71.4 Å². The third kappa shape index (κ3) is 6.11. The summed E-state index contributed by atoms with van der Waals surface area (Å²) in [7, 11) is 0. The average Bonchev–Trinajstić information content (AvgIpc) is 2.02. The first kappa shape index (κ1) is 12.6. The highest BCUT2D eigenvalue weighted by Gasteiger charge is 2.04. The number of rotatable bonds is 6. The van der Waals surface area contributed by atoms with E-state index in [2.05, 4.69) is 0 Å². The second kappa shape index (κ2) is 6.07. The highest BCUT2D eigenvalue weighted by molar-refractivity contribution is 5.98. The van der Waals surface area contributed by atoms with Crippen molar-refractivity contribution < 1.29 is 19.5 Å². The largest absolute Gasteiger partial charge is 0.478 e. The molecule has 0 saturated carbocycles. The third-order valence-corrected chi connectivity index (χ3v) is 1.66. The van der Waals surface area contributed by atoms with Crippen molar-refractivity contribution in [2.24, 2.45) is 0 Å². The molecule has 0 rings (SSSR count). The van der Waals surface area contributed by atoms with Gasteiger partial charge in [-0.2, -0.15) is 0 Å². The first-order chi connectivity index (χ1) is 6.43. The predicted molar refractivity (Wildman–Crippen MR) is 50.9 cm³/mol. The van der Waals surface area contributed by atoms with E-state index in [0.717, 1.165) is 0 Å². The van der Waals surface area contributed by atoms with Crippen molar-refractivity contribution in [1.29, 1.82) is 0 Å². The number of Topliss-reactive ketones (excluding diaryl/α,β-unsaturated/α-hetero) is 2. The van der Waals surface area contributed by atoms with Gasteiger partial charge in [0, 0.05) is 12.0 Å². The number of allylic oxidation sites excluding steroid dienone is 1. The second-order valence-electron chi connectivity index (χ2n) is 3.15. The lowest BCUT2D eigenvalue weighted by molar-refractivity contribution is -0.132. The van der Waals surface area contributed by atoms with Crippen LogP contribution in [0.3, 0.4) is 0 Å². The number of hydrogen-bond donors (Lipinski definition) is 1. The number of carboxylic acids is 1. The molecule has 0 bridgehead atoms. The van der Waals surface area contributed by atoms with E-state index in [1.54, 1.807) is 0 Å². The first-order valence-corrected chi connectivity index (χ1v) is 4.34. The van der Waals surface area contributed by atoms with E-state index in [1.807, 2.05) is 0 Å². The summed E-state index contributed by atoms with van der Waals surface area (Å²) in [6.07, 6.45) is 2.04. The van der Waals surface area contributed by atoms with E-state index in [4.69, 9.17) is 5.11 Å². The second-order valence-corrected chi connectivity index (χ2v) is 3.15. The summed E-state index contributed by atoms with van der Waals surface area (Å²) in [6, 6.07) is 0. The fourth-order valence-electron chi connectivity index (χ4n) is 0.903. The number of carboxylic acid groups (broad SMARTS) is 1. The smallest absolute Gasteiger partial charge is 0.330 e. The van der Waals surface area contributed by atoms with Crippen LogP contribution in [0.15, 0.2) is 11.6 Å². The summed E-state index contributed by atoms with van der Waals surface area (Å²) in [5, 5.41) is 8.49. The van der Waals surface area contributed by atoms with Crippen LogP contribution in [0.2, 0.25) is 0 Å². The molecule has 0 aromatic carbocycles. The first-order valence-electron chi connectivity index (χ1n) is 4.34. The van der Waals surface area contributed by atoms with E-state index in [0.29, 0.717) is 6.42 Å². The van der Waals surface area contributed by atoms with Gasteiger partial charge in [-0.1, -0.05) is 6.08 Å². The van der Waals surface area contributed by atoms with E-state index in [1.165, 1.54) is 19.9 Å². The van der Waals surface area contributed by atoms with Gasteiger partial charge in [-0.3, -0.25) is 9.59 Å². The van der Waals surface area contributed by atoms with E-state index in [-0.39, 0.29) is 30.0 Å². The molecule has 4 heteroatoms. The monoisotopic (exact) mass is 198 g/mol. The van der Waals surface area contributed by atoms with Gasteiger partial charge in [0.1, 0.15) is 11.6 Å². The Labute approximate surface area is 82.6 Å². The van der Waals surface area contributed by atoms with Gasteiger partial charge < -0.3 is 5.11 Å². The zero-order chi connectivity index (χ0) is 11.1. The van der Waals surface area contributed by atoms with Crippen molar-refractivity contribution in [3.63, 3.8) is 0 Å². The Morgan fingerprint density at radius 3 is 2.21 bits per heavy atom. The van der Waals surface area contributed by atoms with Crippen LogP contribution in [0.4, 0.5) is 0 Å². The van der Waals surface area contributed by atoms with Crippen molar-refractivity contribution in [3.8, 4) is 0 Å². The van der Waals surface area contributed by atoms with E-state index >= 15 is 0 Å². The molecular formula is C10H14O4. The summed E-state index contributed by atoms with van der Waals surface area (Å²) in [5.74, 6) is -1.29. The molecule has 0 spiro atoms. The van der Waals surface area contributed by atoms with Crippen LogP contribution in [-0.2, 0) is 14.4 Å². The lowest BCUT2D eigenvalue weighted by atomic mass is 10.1. The highest BCUT2D eigenvalue weighted by atomic mass is 16.4. The molecule has 4 nitrogen and oxygen atoms in total. The van der Waals surface area contributed by atoms with Crippen molar-refractivity contribution in [1.82, 2.24) is 0 Å². The fourth-order valence-corrected chi connectivity index (χ4v) is 0.903. The molecule has 0 aliphatic heterocycles. The number of aliphatic carboxylic acids is 1. The maximum atomic E-state index is 11.0. The maximum absolute atomic E-state index is 11.0. The minimum atomic E-state index is -0.982. The van der Waals surface area contributed by atoms with Crippen LogP contribution in [0.25, 0.3) is 0 Å². The minimum absolute atomic E-state index is 0.0556. The lowest BCUT2D eigenvalue weighted by Crippen LogP contribution is -2.03. The molecule has 0 fully saturated rings. The molecule has 0 aromatic rings. The lowest BCUT2D eigenvalue weighted by Gasteiger charge is -1.95. The summed E-state index contributed by atoms with van der Waals surface area (Å²) in [4.78, 5) is 31.9. The van der Waals surface area contributed by atoms with Crippen LogP contribution >= 0.6 is 0 Å². The minimum Gasteiger partial charge on any atom is -0.478 e. The van der Waals surface area contributed by atoms with Crippen molar-refractivity contribution >= 4 is 17.5 Å². The van der Waals surface area contributed by atoms with Crippen LogP contribution in [0.5, 0.6) is 0 Å². The molecule has 0 aromatic heterocycles. The summed E-state index contributed by atoms with van der Waals surface area (Å²) in [5.41, 5.74) is 0.223. The molecule has 0 unspecified atom stereocenters. The number of ketones is 2. The normalized spacial score (nSPS) is 11.1. The van der Waals surface area contributed by atoms with Gasteiger partial charge in [0.2, 0.25) is 0 Å². The van der Waals surface area contributed by atoms with Gasteiger partial charge >= 0.3 is 5.97 Å². The zero-order valence-corrected chi connectivity index (χ0v) is 8.37. The number of carbonyl (C=O) groups is 3. The van der Waals surface area contributed by atoms with Crippen molar-refractivity contribution in [2.45, 2.75) is 33.1 Å². The van der Waals surface area contributed by atoms with Crippen LogP contribution < -0.4 is 0 Å². The molecule has 0 aliphatic carbocycles. The molecule has 0 heterocycles. The van der Waals surface area contributed by atoms with Crippen molar-refractivity contribution in [3.05, 3.63) is 11.6 Å². The van der Waals surface area contributed by atoms with Gasteiger partial charge in [-0.25, -0.2) is 4.79 Å². The van der Waals surface area contributed by atoms with E-state index < -0.39 is 5.97 Å². The van der Waals surface area contributed by atoms with Gasteiger partial charge in [-0.05, 0) is 20.3 Å². The molecule has 14 heavy (non-hydrogen) atoms. The standard InChI is InChI=1S/C10H14O4/c1-7(10(13)14)4-3-5-9(12)6-8(2)11/h4H,3,5-6H2,1-2H3,(H,13,14). The summed E-state index contributed by atoms with van der Waals surface area (Å²) < 4.78 is 0. The van der Waals surface area contributed by atoms with Crippen LogP contribution in [-0.4, -0.2) is 22.6 Å². The Bertz CT molecular complexity index is 276. The third-order valence-electron chi connectivity index (χ3n) is 1.66. The summed E-state index contributed by atoms with van der Waals surface area (Å²) >= 11 is 0. The predicted octanol–water partition coefficient (Wildman–Crippen LogP) is 1.35. The summed E-state index contributed by atoms with van der Waals surface area (Å²) in [6.45, 7) is 2.83. The Morgan fingerprint density at radius 1 is 1.21 bits per heavy atom. The molecule has 0 atom stereocenters. The highest BCUT2D eigenvalue weighted by Crippen LogP contribution is 2.01. The van der Waals surface area contributed by atoms with E-state index in [9.17, 15) is 14.4 Å². The Kier molecular flexibility index (Phi) is 5.44. The number of hydrogen-bond acceptors (Lipinski definition) is 3. The quantitative estimate of drug-likeness (QED) is 0.516. The Hall–Kier alpha value is -1.45. The maximum Gasteiger partial charge on any atom is 0.330 e. The van der Waals surface area contributed by atoms with Gasteiger partial charge in [0.05, 0.1) is 6.42 Å². The molecule has 78 valence electrons. The van der Waals surface area contributed by atoms with Crippen molar-refractivity contribution in [2.75, 3.05) is 0 Å². The molecule has 1 N–H and O–H groups in total. The Balaban J connectivity index is 3.85. The SMILES string of the molecule is CC(=O)CC(=O)CCC=C(C)C(=O)O. The fraction of sp³-hybridized carbons (Fsp3) is 0.500. The molecule has 0 amide bonds. The van der Waals surface area contributed by atoms with Crippen LogP contribution in [0.1, 0.15) is 33.1 Å². The molecule has 0 aliphatic rings. The van der Waals surface area contributed by atoms with Gasteiger partial charge in [-0.15, -0.1) is 0 Å². The Morgan fingerprint density at radius 2 is 1.79 bits per heavy atom. The van der Waals surface area contributed by atoms with Crippen LogP contribution in [0, 0.1) is 0 Å². The molecule has 0 radical (unpaired) electrons. The number of carbonyl (C=O) groups excluding carboxylic acids is 2. The van der Waals surface area contributed by atoms with Gasteiger partial charge in [0.15, 0.2) is 0 Å². The van der Waals surface area contributed by atoms with Gasteiger partial charge in [0.25, 0.3) is 0 Å². The zero-order valence-electron chi connectivity index (χ0n) is 8.37. The average molecular weight is 198 g/mol. The molecule has 0 saturated heterocycles. The molecular weight excluding hydrogens is 184 g/mol.